The van der Waals surface area contributed by atoms with Gasteiger partial charge in [0.1, 0.15) is 5.82 Å². The third kappa shape index (κ3) is 4.79. The van der Waals surface area contributed by atoms with Gasteiger partial charge in [0, 0.05) is 25.1 Å². The van der Waals surface area contributed by atoms with Crippen molar-refractivity contribution >= 4 is 5.91 Å². The first kappa shape index (κ1) is 15.9. The van der Waals surface area contributed by atoms with Gasteiger partial charge in [-0.2, -0.15) is 0 Å². The number of carbonyl (C=O) groups is 1. The normalized spacial score (nSPS) is 23.0. The quantitative estimate of drug-likeness (QED) is 0.866. The van der Waals surface area contributed by atoms with Gasteiger partial charge in [0.2, 0.25) is 5.91 Å². The zero-order valence-electron chi connectivity index (χ0n) is 12.4. The highest BCUT2D eigenvalue weighted by atomic mass is 19.1. The second-order valence-corrected chi connectivity index (χ2v) is 6.19. The van der Waals surface area contributed by atoms with Crippen LogP contribution >= 0.6 is 0 Å². The molecule has 1 aliphatic rings. The molecular formula is C16H23FN2O2. The number of benzene rings is 1. The summed E-state index contributed by atoms with van der Waals surface area (Å²) in [6.07, 6.45) is 2.00. The van der Waals surface area contributed by atoms with Crippen molar-refractivity contribution in [3.8, 4) is 0 Å². The highest BCUT2D eigenvalue weighted by Gasteiger charge is 2.30. The fourth-order valence-electron chi connectivity index (χ4n) is 2.75. The lowest BCUT2D eigenvalue weighted by atomic mass is 9.83. The van der Waals surface area contributed by atoms with Crippen molar-refractivity contribution < 1.29 is 14.3 Å². The zero-order valence-corrected chi connectivity index (χ0v) is 12.4. The van der Waals surface area contributed by atoms with Crippen LogP contribution < -0.4 is 5.32 Å². The molecular weight excluding hydrogens is 271 g/mol. The van der Waals surface area contributed by atoms with Gasteiger partial charge in [0.05, 0.1) is 6.54 Å². The second-order valence-electron chi connectivity index (χ2n) is 6.19. The van der Waals surface area contributed by atoms with Crippen LogP contribution in [0.2, 0.25) is 0 Å². The summed E-state index contributed by atoms with van der Waals surface area (Å²) in [5.41, 5.74) is 0.777. The van der Waals surface area contributed by atoms with Crippen molar-refractivity contribution in [2.24, 2.45) is 5.41 Å². The van der Waals surface area contributed by atoms with Crippen molar-refractivity contribution in [1.29, 1.82) is 0 Å². The number of amides is 1. The summed E-state index contributed by atoms with van der Waals surface area (Å²) in [5, 5.41) is 12.3. The average Bonchev–Trinajstić information content (AvgIpc) is 2.47. The standard InChI is InChI=1S/C16H23FN2O2/c1-16(12-20)7-2-8-19(11-16)10-15(21)18-9-13-3-5-14(17)6-4-13/h3-6,20H,2,7-12H2,1H3,(H,18,21). The van der Waals surface area contributed by atoms with Crippen LogP contribution in [0, 0.1) is 11.2 Å². The molecule has 1 atom stereocenters. The number of aliphatic hydroxyl groups excluding tert-OH is 1. The molecule has 2 N–H and O–H groups in total. The number of hydrogen-bond donors (Lipinski definition) is 2. The molecule has 0 radical (unpaired) electrons. The molecule has 1 fully saturated rings. The Labute approximate surface area is 125 Å². The Balaban J connectivity index is 1.78. The van der Waals surface area contributed by atoms with E-state index in [0.29, 0.717) is 13.1 Å². The number of aliphatic hydroxyl groups is 1. The minimum atomic E-state index is -0.276. The highest BCUT2D eigenvalue weighted by Crippen LogP contribution is 2.28. The maximum Gasteiger partial charge on any atom is 0.234 e. The first-order valence-corrected chi connectivity index (χ1v) is 7.35. The molecule has 1 aliphatic heterocycles. The molecule has 2 rings (SSSR count). The lowest BCUT2D eigenvalue weighted by molar-refractivity contribution is -0.123. The number of likely N-dealkylation sites (tertiary alicyclic amines) is 1. The molecule has 1 unspecified atom stereocenters. The molecule has 1 aromatic rings. The van der Waals surface area contributed by atoms with Gasteiger partial charge in [-0.1, -0.05) is 19.1 Å². The Morgan fingerprint density at radius 3 is 2.81 bits per heavy atom. The third-order valence-electron chi connectivity index (χ3n) is 4.01. The van der Waals surface area contributed by atoms with Crippen molar-refractivity contribution in [2.75, 3.05) is 26.2 Å². The molecule has 4 nitrogen and oxygen atoms in total. The van der Waals surface area contributed by atoms with E-state index in [-0.39, 0.29) is 23.7 Å². The van der Waals surface area contributed by atoms with Crippen molar-refractivity contribution in [1.82, 2.24) is 10.2 Å². The fourth-order valence-corrected chi connectivity index (χ4v) is 2.75. The van der Waals surface area contributed by atoms with Crippen LogP contribution in [-0.4, -0.2) is 42.2 Å². The summed E-state index contributed by atoms with van der Waals surface area (Å²) in [7, 11) is 0. The molecule has 1 aromatic carbocycles. The van der Waals surface area contributed by atoms with Gasteiger partial charge >= 0.3 is 0 Å². The van der Waals surface area contributed by atoms with Crippen molar-refractivity contribution in [3.05, 3.63) is 35.6 Å². The van der Waals surface area contributed by atoms with Gasteiger partial charge in [-0.3, -0.25) is 9.69 Å². The van der Waals surface area contributed by atoms with E-state index < -0.39 is 0 Å². The number of nitrogens with one attached hydrogen (secondary N) is 1. The Kier molecular flexibility index (Phi) is 5.31. The van der Waals surface area contributed by atoms with Crippen molar-refractivity contribution in [3.63, 3.8) is 0 Å². The fraction of sp³-hybridized carbons (Fsp3) is 0.562. The number of piperidine rings is 1. The molecule has 0 spiro atoms. The molecule has 1 amide bonds. The van der Waals surface area contributed by atoms with Gasteiger partial charge in [-0.05, 0) is 37.1 Å². The second kappa shape index (κ2) is 7.00. The predicted molar refractivity (Wildman–Crippen MR) is 79.1 cm³/mol. The van der Waals surface area contributed by atoms with Gasteiger partial charge in [-0.15, -0.1) is 0 Å². The van der Waals surface area contributed by atoms with Crippen LogP contribution in [-0.2, 0) is 11.3 Å². The van der Waals surface area contributed by atoms with Crippen molar-refractivity contribution in [2.45, 2.75) is 26.3 Å². The van der Waals surface area contributed by atoms with E-state index in [1.165, 1.54) is 12.1 Å². The zero-order chi connectivity index (χ0) is 15.3. The minimum Gasteiger partial charge on any atom is -0.396 e. The summed E-state index contributed by atoms with van der Waals surface area (Å²) in [6, 6.07) is 6.11. The van der Waals surface area contributed by atoms with E-state index >= 15 is 0 Å². The number of halogens is 1. The topological polar surface area (TPSA) is 52.6 Å². The predicted octanol–water partition coefficient (Wildman–Crippen LogP) is 1.54. The van der Waals surface area contributed by atoms with Crippen LogP contribution in [0.25, 0.3) is 0 Å². The molecule has 0 aromatic heterocycles. The average molecular weight is 294 g/mol. The molecule has 5 heteroatoms. The Hall–Kier alpha value is -1.46. The first-order chi connectivity index (χ1) is 10.0. The van der Waals surface area contributed by atoms with Crippen LogP contribution in [0.15, 0.2) is 24.3 Å². The minimum absolute atomic E-state index is 0.0403. The number of hydrogen-bond acceptors (Lipinski definition) is 3. The summed E-state index contributed by atoms with van der Waals surface area (Å²) in [6.45, 7) is 4.59. The third-order valence-corrected chi connectivity index (χ3v) is 4.01. The largest absolute Gasteiger partial charge is 0.396 e. The van der Waals surface area contributed by atoms with Gasteiger partial charge in [0.15, 0.2) is 0 Å². The maximum atomic E-state index is 12.8. The lowest BCUT2D eigenvalue weighted by Gasteiger charge is -2.38. The molecule has 1 heterocycles. The molecule has 116 valence electrons. The monoisotopic (exact) mass is 294 g/mol. The Morgan fingerprint density at radius 2 is 2.14 bits per heavy atom. The SMILES string of the molecule is CC1(CO)CCCN(CC(=O)NCc2ccc(F)cc2)C1. The number of carbonyl (C=O) groups excluding carboxylic acids is 1. The van der Waals surface area contributed by atoms with Crippen LogP contribution in [0.4, 0.5) is 4.39 Å². The highest BCUT2D eigenvalue weighted by molar-refractivity contribution is 5.78. The van der Waals surface area contributed by atoms with Gasteiger partial charge in [0.25, 0.3) is 0 Å². The van der Waals surface area contributed by atoms with Gasteiger partial charge in [-0.25, -0.2) is 4.39 Å². The van der Waals surface area contributed by atoms with E-state index in [9.17, 15) is 14.3 Å². The van der Waals surface area contributed by atoms with E-state index in [1.54, 1.807) is 12.1 Å². The molecule has 0 bridgehead atoms. The number of nitrogens with zero attached hydrogens (tertiary/aromatic N) is 1. The Bertz CT molecular complexity index is 478. The van der Waals surface area contributed by atoms with Crippen LogP contribution in [0.3, 0.4) is 0 Å². The first-order valence-electron chi connectivity index (χ1n) is 7.35. The summed E-state index contributed by atoms with van der Waals surface area (Å²) >= 11 is 0. The summed E-state index contributed by atoms with van der Waals surface area (Å²) in [5.74, 6) is -0.316. The van der Waals surface area contributed by atoms with Crippen LogP contribution in [0.1, 0.15) is 25.3 Å². The molecule has 0 aliphatic carbocycles. The summed E-state index contributed by atoms with van der Waals surface area (Å²) < 4.78 is 12.8. The Morgan fingerprint density at radius 1 is 1.43 bits per heavy atom. The molecule has 1 saturated heterocycles. The number of rotatable bonds is 5. The van der Waals surface area contributed by atoms with E-state index in [0.717, 1.165) is 31.5 Å². The molecule has 0 saturated carbocycles. The van der Waals surface area contributed by atoms with E-state index in [4.69, 9.17) is 0 Å². The van der Waals surface area contributed by atoms with Gasteiger partial charge < -0.3 is 10.4 Å². The summed E-state index contributed by atoms with van der Waals surface area (Å²) in [4.78, 5) is 14.0. The maximum absolute atomic E-state index is 12.8. The van der Waals surface area contributed by atoms with E-state index in [2.05, 4.69) is 17.1 Å². The van der Waals surface area contributed by atoms with E-state index in [1.807, 2.05) is 0 Å². The lowest BCUT2D eigenvalue weighted by Crippen LogP contribution is -2.47. The van der Waals surface area contributed by atoms with Crippen LogP contribution in [0.5, 0.6) is 0 Å². The smallest absolute Gasteiger partial charge is 0.234 e. The molecule has 21 heavy (non-hydrogen) atoms.